The van der Waals surface area contributed by atoms with Gasteiger partial charge in [-0.05, 0) is 0 Å². The molecule has 0 spiro atoms. The Balaban J connectivity index is 3.10. The van der Waals surface area contributed by atoms with Crippen LogP contribution in [0.2, 0.25) is 0 Å². The number of aromatic nitrogens is 2. The number of carbonyl (C=O) groups excluding carboxylic acids is 1. The maximum atomic E-state index is 10.2. The number of aromatic carboxylic acids is 1. The molecule has 54 valence electrons. The smallest absolute Gasteiger partial charge is 0.204 e. The first-order valence-corrected chi connectivity index (χ1v) is 2.85. The molecule has 0 fully saturated rings. The largest absolute Gasteiger partial charge is 0.545 e. The van der Waals surface area contributed by atoms with Gasteiger partial charge in [-0.2, -0.15) is 4.68 Å². The fourth-order valence-electron chi connectivity index (χ4n) is 0.723. The lowest BCUT2D eigenvalue weighted by atomic mass is 10.4. The summed E-state index contributed by atoms with van der Waals surface area (Å²) in [7, 11) is 3.51. The molecule has 0 bridgehead atoms. The quantitative estimate of drug-likeness (QED) is 0.433. The number of hydrogen-bond donors (Lipinski definition) is 0. The highest BCUT2D eigenvalue weighted by Gasteiger charge is 2.04. The second-order valence-electron chi connectivity index (χ2n) is 2.15. The zero-order chi connectivity index (χ0) is 7.72. The Morgan fingerprint density at radius 2 is 2.40 bits per heavy atom. The summed E-state index contributed by atoms with van der Waals surface area (Å²) in [6, 6.07) is 0. The number of carboxylic acids is 1. The molecular weight excluding hydrogens is 132 g/mol. The summed E-state index contributed by atoms with van der Waals surface area (Å²) in [5.74, 6) is -1.14. The van der Waals surface area contributed by atoms with Crippen LogP contribution >= 0.6 is 0 Å². The lowest BCUT2D eigenvalue weighted by Gasteiger charge is -1.89. The van der Waals surface area contributed by atoms with E-state index < -0.39 is 5.97 Å². The van der Waals surface area contributed by atoms with Gasteiger partial charge in [0, 0.05) is 0 Å². The molecule has 0 aliphatic heterocycles. The van der Waals surface area contributed by atoms with Crippen LogP contribution < -0.4 is 9.79 Å². The molecule has 0 amide bonds. The third-order valence-electron chi connectivity index (χ3n) is 1.39. The van der Waals surface area contributed by atoms with Gasteiger partial charge in [0.1, 0.15) is 0 Å². The normalized spacial score (nSPS) is 9.80. The molecule has 0 saturated heterocycles. The van der Waals surface area contributed by atoms with Crippen molar-refractivity contribution >= 4 is 5.97 Å². The summed E-state index contributed by atoms with van der Waals surface area (Å²) in [4.78, 5) is 10.2. The minimum atomic E-state index is -1.14. The second-order valence-corrected chi connectivity index (χ2v) is 2.15. The average molecular weight is 140 g/mol. The van der Waals surface area contributed by atoms with Crippen LogP contribution in [-0.4, -0.2) is 10.7 Å². The minimum absolute atomic E-state index is 0.199. The average Bonchev–Trinajstić information content (AvgIpc) is 2.13. The van der Waals surface area contributed by atoms with Crippen LogP contribution in [0.25, 0.3) is 0 Å². The van der Waals surface area contributed by atoms with Gasteiger partial charge >= 0.3 is 0 Å². The summed E-state index contributed by atoms with van der Waals surface area (Å²) in [6.07, 6.45) is 2.99. The molecule has 1 rings (SSSR count). The molecule has 4 heteroatoms. The van der Waals surface area contributed by atoms with E-state index in [1.54, 1.807) is 23.5 Å². The van der Waals surface area contributed by atoms with Crippen LogP contribution in [-0.2, 0) is 14.1 Å². The Morgan fingerprint density at radius 3 is 2.60 bits per heavy atom. The van der Waals surface area contributed by atoms with Crippen LogP contribution in [0.15, 0.2) is 12.4 Å². The van der Waals surface area contributed by atoms with E-state index in [4.69, 9.17) is 0 Å². The van der Waals surface area contributed by atoms with Crippen LogP contribution in [0, 0.1) is 0 Å². The van der Waals surface area contributed by atoms with Gasteiger partial charge in [0.15, 0.2) is 7.05 Å². The van der Waals surface area contributed by atoms with Crippen molar-refractivity contribution in [3.05, 3.63) is 18.0 Å². The summed E-state index contributed by atoms with van der Waals surface area (Å²) in [6.45, 7) is 0. The van der Waals surface area contributed by atoms with Crippen LogP contribution in [0.3, 0.4) is 0 Å². The Labute approximate surface area is 58.3 Å². The van der Waals surface area contributed by atoms with Crippen molar-refractivity contribution in [3.63, 3.8) is 0 Å². The van der Waals surface area contributed by atoms with Crippen molar-refractivity contribution in [2.45, 2.75) is 0 Å². The standard InChI is InChI=1S/C6H8N2O2/c1-7-3-5(6(9)10)4-8(7)2/h3-4H,1-2H3. The number of nitrogens with zero attached hydrogens (tertiary/aromatic N) is 2. The van der Waals surface area contributed by atoms with E-state index in [2.05, 4.69) is 0 Å². The number of rotatable bonds is 1. The highest BCUT2D eigenvalue weighted by atomic mass is 16.4. The van der Waals surface area contributed by atoms with Crippen LogP contribution in [0.4, 0.5) is 0 Å². The predicted octanol–water partition coefficient (Wildman–Crippen LogP) is -1.79. The van der Waals surface area contributed by atoms with E-state index in [1.165, 1.54) is 12.4 Å². The summed E-state index contributed by atoms with van der Waals surface area (Å²) in [5.41, 5.74) is 0.199. The molecule has 0 atom stereocenters. The molecule has 1 aromatic heterocycles. The Bertz CT molecular complexity index is 245. The van der Waals surface area contributed by atoms with E-state index in [-0.39, 0.29) is 5.56 Å². The summed E-state index contributed by atoms with van der Waals surface area (Å²) < 4.78 is 3.32. The molecule has 10 heavy (non-hydrogen) atoms. The van der Waals surface area contributed by atoms with E-state index in [9.17, 15) is 9.90 Å². The summed E-state index contributed by atoms with van der Waals surface area (Å²) in [5, 5.41) is 10.2. The van der Waals surface area contributed by atoms with Gasteiger partial charge < -0.3 is 9.90 Å². The van der Waals surface area contributed by atoms with Gasteiger partial charge in [0.05, 0.1) is 24.8 Å². The lowest BCUT2D eigenvalue weighted by Crippen LogP contribution is -2.36. The van der Waals surface area contributed by atoms with Crippen molar-refractivity contribution in [2.75, 3.05) is 0 Å². The number of hydrogen-bond acceptors (Lipinski definition) is 2. The van der Waals surface area contributed by atoms with Gasteiger partial charge in [-0.3, -0.25) is 0 Å². The number of carboxylic acid groups (broad SMARTS) is 1. The van der Waals surface area contributed by atoms with Crippen molar-refractivity contribution in [3.8, 4) is 0 Å². The van der Waals surface area contributed by atoms with Crippen LogP contribution in [0.5, 0.6) is 0 Å². The molecule has 0 aliphatic rings. The van der Waals surface area contributed by atoms with E-state index in [0.29, 0.717) is 0 Å². The SMILES string of the molecule is Cn1cc(C(=O)[O-])c[n+]1C. The molecule has 1 aromatic rings. The lowest BCUT2D eigenvalue weighted by molar-refractivity contribution is -0.751. The van der Waals surface area contributed by atoms with Gasteiger partial charge in [0.2, 0.25) is 6.20 Å². The third-order valence-corrected chi connectivity index (χ3v) is 1.39. The Morgan fingerprint density at radius 1 is 1.80 bits per heavy atom. The molecule has 0 N–H and O–H groups in total. The fraction of sp³-hybridized carbons (Fsp3) is 0.333. The first-order valence-electron chi connectivity index (χ1n) is 2.85. The molecule has 0 aromatic carbocycles. The first-order chi connectivity index (χ1) is 4.61. The van der Waals surface area contributed by atoms with Crippen molar-refractivity contribution in [1.82, 2.24) is 4.68 Å². The zero-order valence-electron chi connectivity index (χ0n) is 5.87. The fourth-order valence-corrected chi connectivity index (χ4v) is 0.723. The Kier molecular flexibility index (Phi) is 1.45. The monoisotopic (exact) mass is 140 g/mol. The molecule has 0 radical (unpaired) electrons. The second kappa shape index (κ2) is 2.13. The van der Waals surface area contributed by atoms with Crippen LogP contribution in [0.1, 0.15) is 10.4 Å². The molecule has 1 heterocycles. The number of carbonyl (C=O) groups is 1. The first kappa shape index (κ1) is 6.80. The number of aryl methyl sites for hydroxylation is 2. The predicted molar refractivity (Wildman–Crippen MR) is 30.9 cm³/mol. The van der Waals surface area contributed by atoms with Crippen molar-refractivity contribution in [2.24, 2.45) is 14.1 Å². The van der Waals surface area contributed by atoms with Gasteiger partial charge in [0.25, 0.3) is 0 Å². The van der Waals surface area contributed by atoms with E-state index in [0.717, 1.165) is 0 Å². The molecule has 0 aliphatic carbocycles. The molecule has 4 nitrogen and oxygen atoms in total. The van der Waals surface area contributed by atoms with E-state index in [1.807, 2.05) is 0 Å². The van der Waals surface area contributed by atoms with Crippen molar-refractivity contribution in [1.29, 1.82) is 0 Å². The molecule has 0 unspecified atom stereocenters. The molecular formula is C6H8N2O2. The maximum absolute atomic E-state index is 10.2. The summed E-state index contributed by atoms with van der Waals surface area (Å²) >= 11 is 0. The highest BCUT2D eigenvalue weighted by molar-refractivity contribution is 5.84. The third kappa shape index (κ3) is 1.00. The van der Waals surface area contributed by atoms with Gasteiger partial charge in [-0.15, -0.1) is 4.68 Å². The Hall–Kier alpha value is -1.32. The van der Waals surface area contributed by atoms with Crippen molar-refractivity contribution < 1.29 is 14.6 Å². The maximum Gasteiger partial charge on any atom is 0.204 e. The zero-order valence-corrected chi connectivity index (χ0v) is 5.87. The van der Waals surface area contributed by atoms with Gasteiger partial charge in [-0.25, -0.2) is 0 Å². The topological polar surface area (TPSA) is 48.9 Å². The molecule has 0 saturated carbocycles. The highest BCUT2D eigenvalue weighted by Crippen LogP contribution is 1.89. The van der Waals surface area contributed by atoms with E-state index >= 15 is 0 Å². The van der Waals surface area contributed by atoms with Gasteiger partial charge in [-0.1, -0.05) is 0 Å². The minimum Gasteiger partial charge on any atom is -0.545 e.